The molecule has 7 nitrogen and oxygen atoms in total. The normalized spacial score (nSPS) is 21.1. The molecule has 2 rings (SSSR count). The molecule has 1 amide bonds. The van der Waals surface area contributed by atoms with Crippen molar-refractivity contribution in [3.8, 4) is 5.75 Å². The predicted molar refractivity (Wildman–Crippen MR) is 89.5 cm³/mol. The number of benzene rings is 1. The molecule has 1 fully saturated rings. The number of nitrogens with one attached hydrogen (secondary N) is 1. The number of morpholine rings is 1. The van der Waals surface area contributed by atoms with E-state index in [0.29, 0.717) is 13.1 Å². The van der Waals surface area contributed by atoms with E-state index in [0.717, 1.165) is 24.3 Å². The fourth-order valence-electron chi connectivity index (χ4n) is 2.74. The molecule has 27 heavy (non-hydrogen) atoms. The van der Waals surface area contributed by atoms with Crippen LogP contribution < -0.4 is 9.46 Å². The van der Waals surface area contributed by atoms with Gasteiger partial charge in [-0.25, -0.2) is 13.1 Å². The molecule has 2 atom stereocenters. The number of rotatable bonds is 6. The van der Waals surface area contributed by atoms with E-state index in [4.69, 9.17) is 4.74 Å². The average molecular weight is 410 g/mol. The number of alkyl halides is 3. The first kappa shape index (κ1) is 21.5. The lowest BCUT2D eigenvalue weighted by Crippen LogP contribution is -2.48. The number of hydrogen-bond acceptors (Lipinski definition) is 5. The van der Waals surface area contributed by atoms with Gasteiger partial charge >= 0.3 is 6.36 Å². The van der Waals surface area contributed by atoms with E-state index in [1.165, 1.54) is 0 Å². The number of nitrogens with zero attached hydrogens (tertiary/aromatic N) is 1. The van der Waals surface area contributed by atoms with Gasteiger partial charge in [-0.05, 0) is 38.1 Å². The number of carbonyl (C=O) groups excluding carboxylic acids is 1. The van der Waals surface area contributed by atoms with Crippen molar-refractivity contribution < 1.29 is 35.9 Å². The third-order valence-electron chi connectivity index (χ3n) is 3.77. The zero-order valence-corrected chi connectivity index (χ0v) is 15.6. The van der Waals surface area contributed by atoms with Gasteiger partial charge in [-0.2, -0.15) is 0 Å². The molecule has 11 heteroatoms. The maximum Gasteiger partial charge on any atom is 0.573 e. The van der Waals surface area contributed by atoms with Crippen molar-refractivity contribution in [1.29, 1.82) is 0 Å². The maximum absolute atomic E-state index is 12.2. The van der Waals surface area contributed by atoms with E-state index in [9.17, 15) is 26.4 Å². The summed E-state index contributed by atoms with van der Waals surface area (Å²) in [6.45, 7) is 4.46. The summed E-state index contributed by atoms with van der Waals surface area (Å²) in [5.74, 6) is -0.721. The van der Waals surface area contributed by atoms with Gasteiger partial charge in [0.25, 0.3) is 0 Å². The van der Waals surface area contributed by atoms with Gasteiger partial charge in [0.2, 0.25) is 15.9 Å². The number of hydrogen-bond donors (Lipinski definition) is 1. The molecule has 2 unspecified atom stereocenters. The number of carbonyl (C=O) groups is 1. The van der Waals surface area contributed by atoms with Gasteiger partial charge in [0.1, 0.15) is 5.75 Å². The Balaban J connectivity index is 1.88. The van der Waals surface area contributed by atoms with E-state index in [2.05, 4.69) is 9.46 Å². The van der Waals surface area contributed by atoms with Gasteiger partial charge in [0.05, 0.1) is 17.1 Å². The lowest BCUT2D eigenvalue weighted by atomic mass is 10.2. The smallest absolute Gasteiger partial charge is 0.406 e. The van der Waals surface area contributed by atoms with Crippen LogP contribution in [0, 0.1) is 0 Å². The highest BCUT2D eigenvalue weighted by Gasteiger charge is 2.31. The van der Waals surface area contributed by atoms with Crippen molar-refractivity contribution in [3.05, 3.63) is 24.3 Å². The first-order valence-corrected chi connectivity index (χ1v) is 9.73. The minimum atomic E-state index is -4.85. The molecule has 0 radical (unpaired) electrons. The summed E-state index contributed by atoms with van der Waals surface area (Å²) in [5, 5.41) is 0. The topological polar surface area (TPSA) is 84.9 Å². The highest BCUT2D eigenvalue weighted by Crippen LogP contribution is 2.23. The largest absolute Gasteiger partial charge is 0.573 e. The Morgan fingerprint density at radius 1 is 1.22 bits per heavy atom. The Bertz CT molecular complexity index is 742. The molecule has 0 bridgehead atoms. The first-order chi connectivity index (χ1) is 12.5. The molecule has 1 heterocycles. The number of halogens is 3. The van der Waals surface area contributed by atoms with Crippen molar-refractivity contribution in [2.75, 3.05) is 19.6 Å². The second kappa shape index (κ2) is 8.44. The van der Waals surface area contributed by atoms with Crippen molar-refractivity contribution in [2.45, 2.75) is 43.7 Å². The Morgan fingerprint density at radius 3 is 2.30 bits per heavy atom. The van der Waals surface area contributed by atoms with E-state index in [1.807, 2.05) is 13.8 Å². The van der Waals surface area contributed by atoms with Crippen LogP contribution in [0.3, 0.4) is 0 Å². The van der Waals surface area contributed by atoms with E-state index < -0.39 is 22.1 Å². The van der Waals surface area contributed by atoms with Crippen LogP contribution in [0.4, 0.5) is 13.2 Å². The molecule has 0 aliphatic carbocycles. The summed E-state index contributed by atoms with van der Waals surface area (Å²) in [7, 11) is -3.95. The van der Waals surface area contributed by atoms with E-state index in [-0.39, 0.29) is 36.0 Å². The molecule has 0 spiro atoms. The third kappa shape index (κ3) is 6.67. The second-order valence-corrected chi connectivity index (χ2v) is 7.99. The van der Waals surface area contributed by atoms with Crippen molar-refractivity contribution in [3.63, 3.8) is 0 Å². The molecule has 1 aromatic rings. The molecule has 1 aromatic carbocycles. The van der Waals surface area contributed by atoms with Crippen molar-refractivity contribution in [1.82, 2.24) is 9.62 Å². The summed E-state index contributed by atoms with van der Waals surface area (Å²) >= 11 is 0. The van der Waals surface area contributed by atoms with Gasteiger partial charge in [0.15, 0.2) is 0 Å². The molecular weight excluding hydrogens is 389 g/mol. The maximum atomic E-state index is 12.2. The average Bonchev–Trinajstić information content (AvgIpc) is 2.52. The van der Waals surface area contributed by atoms with Gasteiger partial charge in [-0.15, -0.1) is 13.2 Å². The van der Waals surface area contributed by atoms with Gasteiger partial charge in [-0.3, -0.25) is 4.79 Å². The van der Waals surface area contributed by atoms with Gasteiger partial charge in [0, 0.05) is 26.1 Å². The van der Waals surface area contributed by atoms with Crippen molar-refractivity contribution in [2.24, 2.45) is 0 Å². The van der Waals surface area contributed by atoms with Crippen LogP contribution in [0.2, 0.25) is 0 Å². The quantitative estimate of drug-likeness (QED) is 0.774. The van der Waals surface area contributed by atoms with Crippen LogP contribution in [0.1, 0.15) is 20.3 Å². The van der Waals surface area contributed by atoms with E-state index >= 15 is 0 Å². The molecule has 1 aliphatic rings. The summed E-state index contributed by atoms with van der Waals surface area (Å²) in [6, 6.07) is 3.81. The van der Waals surface area contributed by atoms with Crippen LogP contribution in [0.25, 0.3) is 0 Å². The minimum Gasteiger partial charge on any atom is -0.406 e. The van der Waals surface area contributed by atoms with Crippen LogP contribution in [-0.4, -0.2) is 57.4 Å². The fraction of sp³-hybridized carbons (Fsp3) is 0.562. The Kier molecular flexibility index (Phi) is 6.71. The van der Waals surface area contributed by atoms with E-state index in [1.54, 1.807) is 4.90 Å². The lowest BCUT2D eigenvalue weighted by molar-refractivity contribution is -0.274. The first-order valence-electron chi connectivity index (χ1n) is 8.25. The zero-order chi connectivity index (χ0) is 20.2. The lowest BCUT2D eigenvalue weighted by Gasteiger charge is -2.35. The SMILES string of the molecule is CC1CN(C(=O)CCNS(=O)(=O)c2ccc(OC(F)(F)F)cc2)CC(C)O1. The zero-order valence-electron chi connectivity index (χ0n) is 14.8. The summed E-state index contributed by atoms with van der Waals surface area (Å²) in [4.78, 5) is 13.6. The second-order valence-electron chi connectivity index (χ2n) is 6.22. The molecule has 1 aliphatic heterocycles. The number of ether oxygens (including phenoxy) is 2. The van der Waals surface area contributed by atoms with Gasteiger partial charge in [-0.1, -0.05) is 0 Å². The van der Waals surface area contributed by atoms with Crippen LogP contribution in [-0.2, 0) is 19.6 Å². The molecule has 1 saturated heterocycles. The molecule has 1 N–H and O–H groups in total. The minimum absolute atomic E-state index is 0.0338. The standard InChI is InChI=1S/C16H21F3N2O5S/c1-11-9-21(10-12(2)25-11)15(22)7-8-20-27(23,24)14-5-3-13(4-6-14)26-16(17,18)19/h3-6,11-12,20H,7-10H2,1-2H3. The molecule has 152 valence electrons. The van der Waals surface area contributed by atoms with Crippen LogP contribution >= 0.6 is 0 Å². The van der Waals surface area contributed by atoms with Gasteiger partial charge < -0.3 is 14.4 Å². The fourth-order valence-corrected chi connectivity index (χ4v) is 3.77. The molecular formula is C16H21F3N2O5S. The third-order valence-corrected chi connectivity index (χ3v) is 5.25. The molecule has 0 saturated carbocycles. The summed E-state index contributed by atoms with van der Waals surface area (Å²) < 4.78 is 72.2. The summed E-state index contributed by atoms with van der Waals surface area (Å²) in [6.07, 6.45) is -5.07. The monoisotopic (exact) mass is 410 g/mol. The Hall–Kier alpha value is -1.85. The summed E-state index contributed by atoms with van der Waals surface area (Å²) in [5.41, 5.74) is 0. The van der Waals surface area contributed by atoms with Crippen molar-refractivity contribution >= 4 is 15.9 Å². The predicted octanol–water partition coefficient (Wildman–Crippen LogP) is 1.89. The Morgan fingerprint density at radius 2 is 1.78 bits per heavy atom. The number of sulfonamides is 1. The Labute approximate surface area is 155 Å². The highest BCUT2D eigenvalue weighted by atomic mass is 32.2. The van der Waals surface area contributed by atoms with Crippen LogP contribution in [0.5, 0.6) is 5.75 Å². The molecule has 0 aromatic heterocycles. The van der Waals surface area contributed by atoms with Crippen LogP contribution in [0.15, 0.2) is 29.2 Å². The number of amides is 1. The highest BCUT2D eigenvalue weighted by molar-refractivity contribution is 7.89.